The van der Waals surface area contributed by atoms with E-state index in [-0.39, 0.29) is 29.9 Å². The van der Waals surface area contributed by atoms with Crippen LogP contribution in [0, 0.1) is 5.82 Å². The van der Waals surface area contributed by atoms with E-state index in [0.717, 1.165) is 11.1 Å². The van der Waals surface area contributed by atoms with Crippen LogP contribution in [0.25, 0.3) is 0 Å². The minimum absolute atomic E-state index is 0.131. The van der Waals surface area contributed by atoms with E-state index in [1.165, 1.54) is 17.2 Å². The Hall–Kier alpha value is -3.41. The van der Waals surface area contributed by atoms with Crippen LogP contribution in [0.4, 0.5) is 4.39 Å². The van der Waals surface area contributed by atoms with Crippen molar-refractivity contribution in [3.05, 3.63) is 95.2 Å². The molecule has 0 bridgehead atoms. The molecule has 0 N–H and O–H groups in total. The molecule has 2 heterocycles. The van der Waals surface area contributed by atoms with E-state index in [9.17, 15) is 14.0 Å². The zero-order valence-corrected chi connectivity index (χ0v) is 16.0. The molecule has 1 aromatic heterocycles. The van der Waals surface area contributed by atoms with Gasteiger partial charge in [-0.1, -0.05) is 42.5 Å². The van der Waals surface area contributed by atoms with Gasteiger partial charge in [-0.2, -0.15) is 0 Å². The fourth-order valence-electron chi connectivity index (χ4n) is 3.71. The van der Waals surface area contributed by atoms with Crippen LogP contribution in [-0.2, 0) is 24.3 Å². The average molecular weight is 392 g/mol. The summed E-state index contributed by atoms with van der Waals surface area (Å²) < 4.78 is 19.3. The second kappa shape index (κ2) is 7.91. The van der Waals surface area contributed by atoms with Crippen molar-refractivity contribution in [1.82, 2.24) is 9.80 Å². The lowest BCUT2D eigenvalue weighted by Crippen LogP contribution is -2.52. The Balaban J connectivity index is 1.62. The maximum Gasteiger partial charge on any atom is 0.290 e. The summed E-state index contributed by atoms with van der Waals surface area (Å²) in [5.74, 6) is -0.728. The molecule has 4 rings (SSSR count). The highest BCUT2D eigenvalue weighted by atomic mass is 19.1. The molecule has 3 aromatic rings. The topological polar surface area (TPSA) is 53.8 Å². The number of carbonyl (C=O) groups excluding carboxylic acids is 2. The van der Waals surface area contributed by atoms with E-state index in [1.807, 2.05) is 24.3 Å². The Morgan fingerprint density at radius 1 is 1.07 bits per heavy atom. The number of furan rings is 1. The Bertz CT molecular complexity index is 1030. The van der Waals surface area contributed by atoms with E-state index in [2.05, 4.69) is 0 Å². The Morgan fingerprint density at radius 2 is 1.79 bits per heavy atom. The standard InChI is InChI=1S/C23H21FN2O3/c1-25(14-18-9-4-5-10-19(18)24)22(27)20-13-16-7-2-3-8-17(16)15-26(20)23(28)21-11-6-12-29-21/h2-12,20H,13-15H2,1H3. The number of benzene rings is 2. The first kappa shape index (κ1) is 18.9. The van der Waals surface area contributed by atoms with Gasteiger partial charge in [0.15, 0.2) is 5.76 Å². The lowest BCUT2D eigenvalue weighted by atomic mass is 9.93. The highest BCUT2D eigenvalue weighted by Crippen LogP contribution is 2.26. The number of hydrogen-bond acceptors (Lipinski definition) is 3. The summed E-state index contributed by atoms with van der Waals surface area (Å²) in [4.78, 5) is 29.3. The monoisotopic (exact) mass is 392 g/mol. The van der Waals surface area contributed by atoms with Gasteiger partial charge in [-0.3, -0.25) is 9.59 Å². The number of carbonyl (C=O) groups is 2. The van der Waals surface area contributed by atoms with Crippen molar-refractivity contribution in [1.29, 1.82) is 0 Å². The number of nitrogens with zero attached hydrogens (tertiary/aromatic N) is 2. The van der Waals surface area contributed by atoms with Gasteiger partial charge in [-0.15, -0.1) is 0 Å². The number of rotatable bonds is 4. The fourth-order valence-corrected chi connectivity index (χ4v) is 3.71. The largest absolute Gasteiger partial charge is 0.459 e. The molecule has 5 nitrogen and oxygen atoms in total. The Kier molecular flexibility index (Phi) is 5.16. The first-order valence-electron chi connectivity index (χ1n) is 9.44. The Labute approximate surface area is 168 Å². The normalized spacial score (nSPS) is 15.7. The molecule has 2 aromatic carbocycles. The number of fused-ring (bicyclic) bond motifs is 1. The first-order valence-corrected chi connectivity index (χ1v) is 9.44. The van der Waals surface area contributed by atoms with Crippen LogP contribution in [-0.4, -0.2) is 34.7 Å². The van der Waals surface area contributed by atoms with E-state index in [1.54, 1.807) is 42.3 Å². The predicted octanol–water partition coefficient (Wildman–Crippen LogP) is 3.64. The van der Waals surface area contributed by atoms with E-state index in [4.69, 9.17) is 4.42 Å². The van der Waals surface area contributed by atoms with Crippen LogP contribution < -0.4 is 0 Å². The molecule has 1 unspecified atom stereocenters. The lowest BCUT2D eigenvalue weighted by molar-refractivity contribution is -0.136. The zero-order valence-electron chi connectivity index (χ0n) is 16.0. The predicted molar refractivity (Wildman–Crippen MR) is 105 cm³/mol. The number of hydrogen-bond donors (Lipinski definition) is 0. The molecular formula is C23H21FN2O3. The third kappa shape index (κ3) is 3.78. The van der Waals surface area contributed by atoms with Crippen LogP contribution in [0.1, 0.15) is 27.2 Å². The van der Waals surface area contributed by atoms with Crippen LogP contribution in [0.2, 0.25) is 0 Å². The van der Waals surface area contributed by atoms with Gasteiger partial charge in [0.1, 0.15) is 11.9 Å². The maximum absolute atomic E-state index is 14.0. The number of halogens is 1. The smallest absolute Gasteiger partial charge is 0.290 e. The molecule has 2 amide bonds. The maximum atomic E-state index is 14.0. The second-order valence-electron chi connectivity index (χ2n) is 7.18. The third-order valence-corrected chi connectivity index (χ3v) is 5.27. The molecule has 0 fully saturated rings. The number of likely N-dealkylation sites (N-methyl/N-ethyl adjacent to an activating group) is 1. The van der Waals surface area contributed by atoms with Crippen molar-refractivity contribution < 1.29 is 18.4 Å². The van der Waals surface area contributed by atoms with E-state index < -0.39 is 6.04 Å². The molecule has 0 spiro atoms. The summed E-state index contributed by atoms with van der Waals surface area (Å²) in [6.45, 7) is 0.450. The summed E-state index contributed by atoms with van der Waals surface area (Å²) >= 11 is 0. The molecule has 29 heavy (non-hydrogen) atoms. The third-order valence-electron chi connectivity index (χ3n) is 5.27. The molecule has 0 aliphatic carbocycles. The first-order chi connectivity index (χ1) is 14.0. The van der Waals surface area contributed by atoms with Crippen molar-refractivity contribution in [2.45, 2.75) is 25.6 Å². The lowest BCUT2D eigenvalue weighted by Gasteiger charge is -2.37. The molecule has 1 atom stereocenters. The molecule has 0 saturated heterocycles. The van der Waals surface area contributed by atoms with Gasteiger partial charge in [0.05, 0.1) is 6.26 Å². The number of amides is 2. The summed E-state index contributed by atoms with van der Waals surface area (Å²) in [6.07, 6.45) is 1.84. The molecule has 0 radical (unpaired) electrons. The summed E-state index contributed by atoms with van der Waals surface area (Å²) in [5, 5.41) is 0. The van der Waals surface area contributed by atoms with Gasteiger partial charge in [0, 0.05) is 32.1 Å². The summed E-state index contributed by atoms with van der Waals surface area (Å²) in [6, 6.07) is 16.7. The van der Waals surface area contributed by atoms with Crippen LogP contribution in [0.3, 0.4) is 0 Å². The quantitative estimate of drug-likeness (QED) is 0.681. The molecule has 1 aliphatic heterocycles. The van der Waals surface area contributed by atoms with Gasteiger partial charge in [-0.05, 0) is 29.3 Å². The van der Waals surface area contributed by atoms with Gasteiger partial charge >= 0.3 is 0 Å². The highest BCUT2D eigenvalue weighted by molar-refractivity contribution is 5.96. The van der Waals surface area contributed by atoms with Crippen molar-refractivity contribution in [2.75, 3.05) is 7.05 Å². The van der Waals surface area contributed by atoms with Gasteiger partial charge < -0.3 is 14.2 Å². The van der Waals surface area contributed by atoms with Crippen molar-refractivity contribution >= 4 is 11.8 Å². The van der Waals surface area contributed by atoms with Crippen molar-refractivity contribution in [2.24, 2.45) is 0 Å². The Morgan fingerprint density at radius 3 is 2.52 bits per heavy atom. The van der Waals surface area contributed by atoms with Crippen molar-refractivity contribution in [3.8, 4) is 0 Å². The van der Waals surface area contributed by atoms with Crippen LogP contribution in [0.5, 0.6) is 0 Å². The molecule has 6 heteroatoms. The SMILES string of the molecule is CN(Cc1ccccc1F)C(=O)C1Cc2ccccc2CN1C(=O)c1ccco1. The van der Waals surface area contributed by atoms with Crippen LogP contribution in [0.15, 0.2) is 71.3 Å². The minimum atomic E-state index is -0.681. The van der Waals surface area contributed by atoms with E-state index in [0.29, 0.717) is 18.5 Å². The molecule has 148 valence electrons. The van der Waals surface area contributed by atoms with Gasteiger partial charge in [0.25, 0.3) is 5.91 Å². The summed E-state index contributed by atoms with van der Waals surface area (Å²) in [5.41, 5.74) is 2.48. The van der Waals surface area contributed by atoms with Crippen LogP contribution >= 0.6 is 0 Å². The zero-order chi connectivity index (χ0) is 20.4. The molecular weight excluding hydrogens is 371 g/mol. The second-order valence-corrected chi connectivity index (χ2v) is 7.18. The van der Waals surface area contributed by atoms with Gasteiger partial charge in [0.2, 0.25) is 5.91 Å². The average Bonchev–Trinajstić information content (AvgIpc) is 3.28. The summed E-state index contributed by atoms with van der Waals surface area (Å²) in [7, 11) is 1.63. The minimum Gasteiger partial charge on any atom is -0.459 e. The fraction of sp³-hybridized carbons (Fsp3) is 0.217. The molecule has 1 aliphatic rings. The molecule has 0 saturated carbocycles. The highest BCUT2D eigenvalue weighted by Gasteiger charge is 2.37. The van der Waals surface area contributed by atoms with E-state index >= 15 is 0 Å². The van der Waals surface area contributed by atoms with Crippen molar-refractivity contribution in [3.63, 3.8) is 0 Å². The van der Waals surface area contributed by atoms with Gasteiger partial charge in [-0.25, -0.2) is 4.39 Å².